The molecular weight excluding hydrogens is 500 g/mol. The quantitative estimate of drug-likeness (QED) is 0.287. The summed E-state index contributed by atoms with van der Waals surface area (Å²) in [6.07, 6.45) is 0. The van der Waals surface area contributed by atoms with Crippen LogP contribution in [0.3, 0.4) is 0 Å². The van der Waals surface area contributed by atoms with E-state index in [0.29, 0.717) is 32.0 Å². The molecule has 33 heavy (non-hydrogen) atoms. The number of benzene rings is 3. The van der Waals surface area contributed by atoms with E-state index in [-0.39, 0.29) is 11.8 Å². The Morgan fingerprint density at radius 1 is 0.848 bits per heavy atom. The van der Waals surface area contributed by atoms with Crippen molar-refractivity contribution >= 4 is 49.8 Å². The maximum Gasteiger partial charge on any atom is 0.259 e. The first kappa shape index (κ1) is 22.8. The summed E-state index contributed by atoms with van der Waals surface area (Å²) < 4.78 is 6.05. The Bertz CT molecular complexity index is 1320. The number of nitrogens with one attached hydrogen (secondary N) is 2. The van der Waals surface area contributed by atoms with Crippen LogP contribution in [0.25, 0.3) is 10.4 Å². The molecule has 2 N–H and O–H groups in total. The highest BCUT2D eigenvalue weighted by molar-refractivity contribution is 9.10. The van der Waals surface area contributed by atoms with Gasteiger partial charge in [0, 0.05) is 9.35 Å². The van der Waals surface area contributed by atoms with Crippen LogP contribution in [0.5, 0.6) is 5.75 Å². The first-order chi connectivity index (χ1) is 16.0. The Kier molecular flexibility index (Phi) is 6.91. The van der Waals surface area contributed by atoms with Gasteiger partial charge in [0.15, 0.2) is 0 Å². The lowest BCUT2D eigenvalue weighted by Crippen LogP contribution is -2.18. The normalized spacial score (nSPS) is 10.5. The van der Waals surface area contributed by atoms with Crippen molar-refractivity contribution in [2.75, 3.05) is 17.7 Å². The number of rotatable bonds is 6. The molecule has 0 saturated heterocycles. The third-order valence-corrected chi connectivity index (χ3v) is 7.06. The third kappa shape index (κ3) is 4.84. The first-order valence-corrected chi connectivity index (χ1v) is 11.8. The second-order valence-corrected chi connectivity index (χ2v) is 9.09. The minimum absolute atomic E-state index is 0.297. The summed E-state index contributed by atoms with van der Waals surface area (Å²) in [4.78, 5) is 27.4. The van der Waals surface area contributed by atoms with Crippen molar-refractivity contribution in [3.8, 4) is 16.2 Å². The van der Waals surface area contributed by atoms with Crippen LogP contribution < -0.4 is 15.4 Å². The van der Waals surface area contributed by atoms with Crippen molar-refractivity contribution in [2.45, 2.75) is 6.92 Å². The molecule has 0 fully saturated rings. The van der Waals surface area contributed by atoms with Crippen molar-refractivity contribution in [3.05, 3.63) is 100 Å². The minimum Gasteiger partial charge on any atom is -0.495 e. The fraction of sp³-hybridized carbons (Fsp3) is 0.0769. The fourth-order valence-corrected chi connectivity index (χ4v) is 5.16. The molecule has 0 aliphatic rings. The SMILES string of the molecule is COc1ccccc1NC(=O)c1c(NC(=O)c2ccccc2Br)sc(-c2ccccc2)c1C. The maximum absolute atomic E-state index is 13.4. The molecule has 4 rings (SSSR count). The van der Waals surface area contributed by atoms with Gasteiger partial charge in [0.2, 0.25) is 0 Å². The summed E-state index contributed by atoms with van der Waals surface area (Å²) in [6.45, 7) is 1.89. The van der Waals surface area contributed by atoms with Crippen molar-refractivity contribution in [1.82, 2.24) is 0 Å². The van der Waals surface area contributed by atoms with Gasteiger partial charge in [0.05, 0.1) is 23.9 Å². The van der Waals surface area contributed by atoms with Gasteiger partial charge in [-0.1, -0.05) is 54.6 Å². The van der Waals surface area contributed by atoms with Crippen molar-refractivity contribution in [3.63, 3.8) is 0 Å². The molecule has 1 heterocycles. The van der Waals surface area contributed by atoms with Crippen LogP contribution in [-0.4, -0.2) is 18.9 Å². The number of carbonyl (C=O) groups excluding carboxylic acids is 2. The molecule has 0 radical (unpaired) electrons. The van der Waals surface area contributed by atoms with E-state index < -0.39 is 0 Å². The minimum atomic E-state index is -0.321. The summed E-state index contributed by atoms with van der Waals surface area (Å²) in [5, 5.41) is 6.37. The Balaban J connectivity index is 1.75. The van der Waals surface area contributed by atoms with Crippen LogP contribution in [-0.2, 0) is 0 Å². The number of carbonyl (C=O) groups is 2. The second-order valence-electron chi connectivity index (χ2n) is 7.21. The van der Waals surface area contributed by atoms with Gasteiger partial charge in [-0.2, -0.15) is 0 Å². The molecule has 2 amide bonds. The number of ether oxygens (including phenoxy) is 1. The van der Waals surface area contributed by atoms with E-state index in [1.807, 2.05) is 55.5 Å². The van der Waals surface area contributed by atoms with Gasteiger partial charge in [-0.15, -0.1) is 11.3 Å². The lowest BCUT2D eigenvalue weighted by Gasteiger charge is -2.12. The highest BCUT2D eigenvalue weighted by Crippen LogP contribution is 2.41. The van der Waals surface area contributed by atoms with Gasteiger partial charge < -0.3 is 15.4 Å². The smallest absolute Gasteiger partial charge is 0.259 e. The first-order valence-electron chi connectivity index (χ1n) is 10.2. The van der Waals surface area contributed by atoms with Gasteiger partial charge >= 0.3 is 0 Å². The molecule has 0 bridgehead atoms. The molecule has 5 nitrogen and oxygen atoms in total. The number of hydrogen-bond donors (Lipinski definition) is 2. The lowest BCUT2D eigenvalue weighted by molar-refractivity contribution is 0.102. The summed E-state index contributed by atoms with van der Waals surface area (Å²) in [5.74, 6) is -0.0617. The van der Waals surface area contributed by atoms with E-state index >= 15 is 0 Å². The maximum atomic E-state index is 13.4. The van der Waals surface area contributed by atoms with Crippen LogP contribution >= 0.6 is 27.3 Å². The molecule has 0 spiro atoms. The molecule has 0 aliphatic carbocycles. The molecular formula is C26H21BrN2O3S. The predicted molar refractivity (Wildman–Crippen MR) is 138 cm³/mol. The number of anilines is 2. The van der Waals surface area contributed by atoms with Crippen LogP contribution in [0.4, 0.5) is 10.7 Å². The largest absolute Gasteiger partial charge is 0.495 e. The average molecular weight is 521 g/mol. The monoisotopic (exact) mass is 520 g/mol. The standard InChI is InChI=1S/C26H21BrN2O3S/c1-16-22(25(31)28-20-14-8-9-15-21(20)32-2)26(33-23(16)17-10-4-3-5-11-17)29-24(30)18-12-6-7-13-19(18)27/h3-15H,1-2H3,(H,28,31)(H,29,30). The zero-order valence-corrected chi connectivity index (χ0v) is 20.4. The van der Waals surface area contributed by atoms with Gasteiger partial charge in [0.25, 0.3) is 11.8 Å². The summed E-state index contributed by atoms with van der Waals surface area (Å²) in [7, 11) is 1.55. The summed E-state index contributed by atoms with van der Waals surface area (Å²) >= 11 is 4.80. The number of methoxy groups -OCH3 is 1. The molecule has 0 atom stereocenters. The average Bonchev–Trinajstić information content (AvgIpc) is 3.15. The topological polar surface area (TPSA) is 67.4 Å². The zero-order chi connectivity index (χ0) is 23.4. The summed E-state index contributed by atoms with van der Waals surface area (Å²) in [6, 6.07) is 24.2. The van der Waals surface area contributed by atoms with Crippen LogP contribution in [0.1, 0.15) is 26.3 Å². The number of amides is 2. The van der Waals surface area contributed by atoms with Crippen molar-refractivity contribution in [2.24, 2.45) is 0 Å². The fourth-order valence-electron chi connectivity index (χ4n) is 3.49. The number of thiophene rings is 1. The predicted octanol–water partition coefficient (Wildman–Crippen LogP) is 7.00. The molecule has 0 aliphatic heterocycles. The molecule has 7 heteroatoms. The Morgan fingerprint density at radius 3 is 2.24 bits per heavy atom. The Morgan fingerprint density at radius 2 is 1.52 bits per heavy atom. The highest BCUT2D eigenvalue weighted by atomic mass is 79.9. The number of hydrogen-bond acceptors (Lipinski definition) is 4. The molecule has 1 aromatic heterocycles. The molecule has 0 unspecified atom stereocenters. The van der Waals surface area contributed by atoms with E-state index in [4.69, 9.17) is 4.74 Å². The van der Waals surface area contributed by atoms with Gasteiger partial charge in [-0.3, -0.25) is 9.59 Å². The van der Waals surface area contributed by atoms with Crippen LogP contribution in [0.2, 0.25) is 0 Å². The molecule has 3 aromatic carbocycles. The van der Waals surface area contributed by atoms with Gasteiger partial charge in [-0.25, -0.2) is 0 Å². The summed E-state index contributed by atoms with van der Waals surface area (Å²) in [5.41, 5.74) is 3.24. The van der Waals surface area contributed by atoms with E-state index in [2.05, 4.69) is 26.6 Å². The van der Waals surface area contributed by atoms with Crippen LogP contribution in [0.15, 0.2) is 83.3 Å². The molecule has 0 saturated carbocycles. The zero-order valence-electron chi connectivity index (χ0n) is 18.0. The van der Waals surface area contributed by atoms with Gasteiger partial charge in [0.1, 0.15) is 10.8 Å². The lowest BCUT2D eigenvalue weighted by atomic mass is 10.1. The van der Waals surface area contributed by atoms with E-state index in [0.717, 1.165) is 16.0 Å². The number of halogens is 1. The second kappa shape index (κ2) is 10.0. The van der Waals surface area contributed by atoms with E-state index in [1.54, 1.807) is 37.4 Å². The van der Waals surface area contributed by atoms with Crippen molar-refractivity contribution < 1.29 is 14.3 Å². The Labute approximate surface area is 204 Å². The van der Waals surface area contributed by atoms with E-state index in [1.165, 1.54) is 11.3 Å². The van der Waals surface area contributed by atoms with E-state index in [9.17, 15) is 9.59 Å². The van der Waals surface area contributed by atoms with Crippen LogP contribution in [0, 0.1) is 6.92 Å². The Hall–Kier alpha value is -3.42. The van der Waals surface area contributed by atoms with Crippen molar-refractivity contribution in [1.29, 1.82) is 0 Å². The molecule has 4 aromatic rings. The van der Waals surface area contributed by atoms with Gasteiger partial charge in [-0.05, 0) is 58.2 Å². The number of para-hydroxylation sites is 2. The third-order valence-electron chi connectivity index (χ3n) is 5.11. The molecule has 166 valence electrons. The highest BCUT2D eigenvalue weighted by Gasteiger charge is 2.25.